The predicted molar refractivity (Wildman–Crippen MR) is 85.3 cm³/mol. The lowest BCUT2D eigenvalue weighted by Crippen LogP contribution is -2.06. The van der Waals surface area contributed by atoms with Crippen LogP contribution in [-0.4, -0.2) is 17.0 Å². The SMILES string of the molecule is CNc1nc(Cc2cc(C)cc(C)c2)nc2c1CSC2. The summed E-state index contributed by atoms with van der Waals surface area (Å²) in [5, 5.41) is 3.21. The highest BCUT2D eigenvalue weighted by Crippen LogP contribution is 2.32. The summed E-state index contributed by atoms with van der Waals surface area (Å²) in [6, 6.07) is 6.64. The van der Waals surface area contributed by atoms with E-state index in [1.807, 2.05) is 18.8 Å². The number of rotatable bonds is 3. The third-order valence-electron chi connectivity index (χ3n) is 3.50. The lowest BCUT2D eigenvalue weighted by Gasteiger charge is -2.10. The van der Waals surface area contributed by atoms with Crippen molar-refractivity contribution in [1.29, 1.82) is 0 Å². The average Bonchev–Trinajstić information content (AvgIpc) is 2.84. The molecule has 1 aromatic heterocycles. The molecule has 0 unspecified atom stereocenters. The van der Waals surface area contributed by atoms with Gasteiger partial charge >= 0.3 is 0 Å². The van der Waals surface area contributed by atoms with Crippen LogP contribution in [0, 0.1) is 13.8 Å². The Balaban J connectivity index is 1.95. The van der Waals surface area contributed by atoms with Crippen molar-refractivity contribution in [2.24, 2.45) is 0 Å². The van der Waals surface area contributed by atoms with Gasteiger partial charge in [-0.15, -0.1) is 0 Å². The molecule has 1 aliphatic rings. The molecule has 2 heterocycles. The van der Waals surface area contributed by atoms with Crippen molar-refractivity contribution < 1.29 is 0 Å². The van der Waals surface area contributed by atoms with Crippen LogP contribution in [0.2, 0.25) is 0 Å². The summed E-state index contributed by atoms with van der Waals surface area (Å²) >= 11 is 1.91. The Kier molecular flexibility index (Phi) is 3.66. The minimum absolute atomic E-state index is 0.801. The van der Waals surface area contributed by atoms with Gasteiger partial charge in [0.05, 0.1) is 5.69 Å². The van der Waals surface area contributed by atoms with Gasteiger partial charge in [0.15, 0.2) is 0 Å². The summed E-state index contributed by atoms with van der Waals surface area (Å²) in [7, 11) is 1.94. The molecule has 1 aromatic carbocycles. The van der Waals surface area contributed by atoms with Crippen LogP contribution in [-0.2, 0) is 17.9 Å². The van der Waals surface area contributed by atoms with Crippen molar-refractivity contribution in [2.75, 3.05) is 12.4 Å². The highest BCUT2D eigenvalue weighted by atomic mass is 32.2. The second kappa shape index (κ2) is 5.44. The van der Waals surface area contributed by atoms with Crippen LogP contribution in [0.4, 0.5) is 5.82 Å². The standard InChI is InChI=1S/C16H19N3S/c1-10-4-11(2)6-12(5-10)7-15-18-14-9-20-8-13(14)16(17-3)19-15/h4-6H,7-9H2,1-3H3,(H,17,18,19). The highest BCUT2D eigenvalue weighted by molar-refractivity contribution is 7.98. The van der Waals surface area contributed by atoms with Crippen molar-refractivity contribution >= 4 is 17.6 Å². The number of hydrogen-bond donors (Lipinski definition) is 1. The molecule has 3 nitrogen and oxygen atoms in total. The van der Waals surface area contributed by atoms with E-state index < -0.39 is 0 Å². The van der Waals surface area contributed by atoms with Gasteiger partial charge in [-0.25, -0.2) is 9.97 Å². The van der Waals surface area contributed by atoms with Crippen LogP contribution in [0.1, 0.15) is 33.8 Å². The number of fused-ring (bicyclic) bond motifs is 1. The first-order valence-corrected chi connectivity index (χ1v) is 8.02. The summed E-state index contributed by atoms with van der Waals surface area (Å²) in [5.41, 5.74) is 6.36. The molecular formula is C16H19N3S. The van der Waals surface area contributed by atoms with E-state index >= 15 is 0 Å². The maximum Gasteiger partial charge on any atom is 0.135 e. The molecule has 1 N–H and O–H groups in total. The van der Waals surface area contributed by atoms with E-state index in [-0.39, 0.29) is 0 Å². The minimum Gasteiger partial charge on any atom is -0.373 e. The van der Waals surface area contributed by atoms with E-state index in [4.69, 9.17) is 4.98 Å². The van der Waals surface area contributed by atoms with E-state index in [1.165, 1.54) is 27.9 Å². The van der Waals surface area contributed by atoms with Crippen LogP contribution in [0.5, 0.6) is 0 Å². The third kappa shape index (κ3) is 2.66. The smallest absolute Gasteiger partial charge is 0.135 e. The van der Waals surface area contributed by atoms with Gasteiger partial charge in [0.1, 0.15) is 11.6 Å². The third-order valence-corrected chi connectivity index (χ3v) is 4.48. The predicted octanol–water partition coefficient (Wildman–Crippen LogP) is 3.47. The normalized spacial score (nSPS) is 13.3. The molecule has 0 aliphatic carbocycles. The van der Waals surface area contributed by atoms with Crippen LogP contribution in [0.15, 0.2) is 18.2 Å². The summed E-state index contributed by atoms with van der Waals surface area (Å²) in [6.07, 6.45) is 0.801. The topological polar surface area (TPSA) is 37.8 Å². The molecule has 3 rings (SSSR count). The Morgan fingerprint density at radius 1 is 1.10 bits per heavy atom. The van der Waals surface area contributed by atoms with Gasteiger partial charge < -0.3 is 5.32 Å². The molecule has 0 atom stereocenters. The fourth-order valence-corrected chi connectivity index (χ4v) is 3.78. The number of thioether (sulfide) groups is 1. The lowest BCUT2D eigenvalue weighted by atomic mass is 10.0. The molecule has 0 spiro atoms. The number of anilines is 1. The number of aryl methyl sites for hydroxylation is 2. The first-order chi connectivity index (χ1) is 9.65. The molecule has 20 heavy (non-hydrogen) atoms. The van der Waals surface area contributed by atoms with Crippen LogP contribution in [0.25, 0.3) is 0 Å². The van der Waals surface area contributed by atoms with Crippen molar-refractivity contribution in [2.45, 2.75) is 31.8 Å². The maximum atomic E-state index is 4.74. The molecule has 0 amide bonds. The number of benzene rings is 1. The van der Waals surface area contributed by atoms with Crippen molar-refractivity contribution in [3.05, 3.63) is 52.0 Å². The summed E-state index contributed by atoms with van der Waals surface area (Å²) in [6.45, 7) is 4.27. The van der Waals surface area contributed by atoms with Gasteiger partial charge in [-0.05, 0) is 19.4 Å². The Labute approximate surface area is 124 Å². The molecule has 4 heteroatoms. The van der Waals surface area contributed by atoms with E-state index in [0.29, 0.717) is 0 Å². The number of nitrogens with one attached hydrogen (secondary N) is 1. The maximum absolute atomic E-state index is 4.74. The number of aromatic nitrogens is 2. The summed E-state index contributed by atoms with van der Waals surface area (Å²) < 4.78 is 0. The van der Waals surface area contributed by atoms with E-state index in [0.717, 1.165) is 29.6 Å². The van der Waals surface area contributed by atoms with Gasteiger partial charge in [0.2, 0.25) is 0 Å². The van der Waals surface area contributed by atoms with Crippen LogP contribution in [0.3, 0.4) is 0 Å². The molecule has 0 fully saturated rings. The first-order valence-electron chi connectivity index (χ1n) is 6.87. The fraction of sp³-hybridized carbons (Fsp3) is 0.375. The van der Waals surface area contributed by atoms with Crippen LogP contribution < -0.4 is 5.32 Å². The second-order valence-corrected chi connectivity index (χ2v) is 6.31. The van der Waals surface area contributed by atoms with Crippen LogP contribution >= 0.6 is 11.8 Å². The van der Waals surface area contributed by atoms with Gasteiger partial charge in [-0.3, -0.25) is 0 Å². The highest BCUT2D eigenvalue weighted by Gasteiger charge is 2.19. The molecule has 104 valence electrons. The fourth-order valence-electron chi connectivity index (χ4n) is 2.74. The zero-order chi connectivity index (χ0) is 14.1. The van der Waals surface area contributed by atoms with Gasteiger partial charge in [0.25, 0.3) is 0 Å². The molecular weight excluding hydrogens is 266 g/mol. The Bertz CT molecular complexity index is 632. The molecule has 0 radical (unpaired) electrons. The summed E-state index contributed by atoms with van der Waals surface area (Å²) in [5.74, 6) is 3.95. The largest absolute Gasteiger partial charge is 0.373 e. The molecule has 1 aliphatic heterocycles. The minimum atomic E-state index is 0.801. The molecule has 0 saturated carbocycles. The zero-order valence-electron chi connectivity index (χ0n) is 12.2. The monoisotopic (exact) mass is 285 g/mol. The molecule has 0 bridgehead atoms. The molecule has 0 saturated heterocycles. The van der Waals surface area contributed by atoms with E-state index in [2.05, 4.69) is 42.3 Å². The zero-order valence-corrected chi connectivity index (χ0v) is 13.0. The quantitative estimate of drug-likeness (QED) is 0.937. The van der Waals surface area contributed by atoms with Crippen molar-refractivity contribution in [3.63, 3.8) is 0 Å². The number of hydrogen-bond acceptors (Lipinski definition) is 4. The van der Waals surface area contributed by atoms with Gasteiger partial charge in [-0.1, -0.05) is 29.3 Å². The molecule has 2 aromatic rings. The second-order valence-electron chi connectivity index (χ2n) is 5.33. The Hall–Kier alpha value is -1.55. The van der Waals surface area contributed by atoms with Gasteiger partial charge in [-0.2, -0.15) is 11.8 Å². The lowest BCUT2D eigenvalue weighted by molar-refractivity contribution is 0.928. The van der Waals surface area contributed by atoms with Gasteiger partial charge in [0, 0.05) is 30.5 Å². The average molecular weight is 285 g/mol. The van der Waals surface area contributed by atoms with E-state index in [1.54, 1.807) is 0 Å². The number of nitrogens with zero attached hydrogens (tertiary/aromatic N) is 2. The first kappa shape index (κ1) is 13.4. The summed E-state index contributed by atoms with van der Waals surface area (Å²) in [4.78, 5) is 9.43. The Morgan fingerprint density at radius 3 is 2.55 bits per heavy atom. The van der Waals surface area contributed by atoms with E-state index in [9.17, 15) is 0 Å². The Morgan fingerprint density at radius 2 is 1.85 bits per heavy atom. The van der Waals surface area contributed by atoms with Crippen molar-refractivity contribution in [3.8, 4) is 0 Å². The van der Waals surface area contributed by atoms with Crippen molar-refractivity contribution in [1.82, 2.24) is 9.97 Å².